The van der Waals surface area contributed by atoms with Gasteiger partial charge in [-0.1, -0.05) is 12.0 Å². The van der Waals surface area contributed by atoms with E-state index in [1.165, 1.54) is 29.4 Å². The van der Waals surface area contributed by atoms with Gasteiger partial charge >= 0.3 is 0 Å². The zero-order valence-electron chi connectivity index (χ0n) is 22.1. The van der Waals surface area contributed by atoms with Crippen LogP contribution in [0.15, 0.2) is 36.7 Å². The number of aromatic nitrogens is 2. The Morgan fingerprint density at radius 2 is 1.97 bits per heavy atom. The second-order valence-electron chi connectivity index (χ2n) is 9.48. The van der Waals surface area contributed by atoms with Crippen molar-refractivity contribution in [2.45, 2.75) is 45.6 Å². The van der Waals surface area contributed by atoms with Gasteiger partial charge in [0.2, 0.25) is 0 Å². The molecule has 8 nitrogen and oxygen atoms in total. The van der Waals surface area contributed by atoms with Gasteiger partial charge in [-0.05, 0) is 80.8 Å². The SMILES string of the molecule is CC#CC(=O)N(C)[C@@H](C)COc1c(N)ncnc1-c1cc(F)cc(NC(=O)c2ccc(C3CC3)cc2F)c1C. The molecule has 2 aromatic carbocycles. The number of rotatable bonds is 8. The fourth-order valence-electron chi connectivity index (χ4n) is 4.06. The molecule has 3 N–H and O–H groups in total. The summed E-state index contributed by atoms with van der Waals surface area (Å²) < 4.78 is 35.4. The molecule has 39 heavy (non-hydrogen) atoms. The molecule has 0 spiro atoms. The Kier molecular flexibility index (Phi) is 8.10. The van der Waals surface area contributed by atoms with Gasteiger partial charge in [0.05, 0.1) is 11.6 Å². The van der Waals surface area contributed by atoms with Crippen LogP contribution < -0.4 is 15.8 Å². The lowest BCUT2D eigenvalue weighted by Crippen LogP contribution is -2.38. The molecule has 1 aliphatic rings. The van der Waals surface area contributed by atoms with E-state index in [1.54, 1.807) is 33.9 Å². The minimum atomic E-state index is -0.704. The van der Waals surface area contributed by atoms with E-state index in [4.69, 9.17) is 10.5 Å². The van der Waals surface area contributed by atoms with Crippen molar-refractivity contribution in [1.82, 2.24) is 14.9 Å². The summed E-state index contributed by atoms with van der Waals surface area (Å²) in [6.45, 7) is 5.04. The predicted octanol–water partition coefficient (Wildman–Crippen LogP) is 4.69. The van der Waals surface area contributed by atoms with Crippen LogP contribution in [0.2, 0.25) is 0 Å². The molecule has 0 aliphatic heterocycles. The summed E-state index contributed by atoms with van der Waals surface area (Å²) in [5, 5.41) is 2.61. The van der Waals surface area contributed by atoms with Gasteiger partial charge in [-0.15, -0.1) is 0 Å². The van der Waals surface area contributed by atoms with E-state index < -0.39 is 17.5 Å². The maximum absolute atomic E-state index is 14.8. The lowest BCUT2D eigenvalue weighted by Gasteiger charge is -2.24. The fourth-order valence-corrected chi connectivity index (χ4v) is 4.06. The molecule has 3 aromatic rings. The number of nitrogens with zero attached hydrogens (tertiary/aromatic N) is 3. The zero-order valence-corrected chi connectivity index (χ0v) is 22.1. The van der Waals surface area contributed by atoms with Crippen molar-refractivity contribution in [2.75, 3.05) is 24.7 Å². The van der Waals surface area contributed by atoms with Crippen molar-refractivity contribution in [3.63, 3.8) is 0 Å². The van der Waals surface area contributed by atoms with Crippen LogP contribution in [-0.4, -0.2) is 46.4 Å². The lowest BCUT2D eigenvalue weighted by molar-refractivity contribution is -0.126. The number of hydrogen-bond acceptors (Lipinski definition) is 6. The van der Waals surface area contributed by atoms with Crippen LogP contribution in [0.25, 0.3) is 11.3 Å². The van der Waals surface area contributed by atoms with E-state index in [-0.39, 0.29) is 47.1 Å². The van der Waals surface area contributed by atoms with E-state index in [0.29, 0.717) is 17.0 Å². The standard InChI is InChI=1S/C29H29F2N5O3/c1-5-6-25(37)36(4)16(2)14-39-27-26(33-15-34-28(27)32)22-12-20(30)13-24(17(22)3)35-29(38)21-10-9-19(11-23(21)31)18-7-8-18/h9-13,15-16,18H,7-8,14H2,1-4H3,(H,35,38)(H2,32,33,34)/t16-/m0/s1. The molecule has 10 heteroatoms. The number of carbonyl (C=O) groups excluding carboxylic acids is 2. The van der Waals surface area contributed by atoms with Gasteiger partial charge in [-0.2, -0.15) is 0 Å². The van der Waals surface area contributed by atoms with E-state index >= 15 is 0 Å². The van der Waals surface area contributed by atoms with Gasteiger partial charge in [0, 0.05) is 18.3 Å². The lowest BCUT2D eigenvalue weighted by atomic mass is 10.0. The van der Waals surface area contributed by atoms with Crippen LogP contribution in [0.4, 0.5) is 20.3 Å². The van der Waals surface area contributed by atoms with E-state index in [0.717, 1.165) is 24.5 Å². The first kappa shape index (κ1) is 27.5. The number of amides is 2. The van der Waals surface area contributed by atoms with Gasteiger partial charge in [0.1, 0.15) is 30.3 Å². The molecule has 1 aromatic heterocycles. The highest BCUT2D eigenvalue weighted by Gasteiger charge is 2.26. The molecule has 2 amide bonds. The molecular formula is C29H29F2N5O3. The highest BCUT2D eigenvalue weighted by molar-refractivity contribution is 6.05. The van der Waals surface area contributed by atoms with Gasteiger partial charge in [0.25, 0.3) is 11.8 Å². The Bertz CT molecular complexity index is 1490. The average Bonchev–Trinajstić information content (AvgIpc) is 3.75. The molecule has 1 fully saturated rings. The van der Waals surface area contributed by atoms with Crippen LogP contribution >= 0.6 is 0 Å². The van der Waals surface area contributed by atoms with Crippen LogP contribution in [0.3, 0.4) is 0 Å². The van der Waals surface area contributed by atoms with Crippen molar-refractivity contribution in [2.24, 2.45) is 0 Å². The maximum Gasteiger partial charge on any atom is 0.298 e. The fraction of sp³-hybridized carbons (Fsp3) is 0.310. The summed E-state index contributed by atoms with van der Waals surface area (Å²) in [7, 11) is 1.60. The molecule has 4 rings (SSSR count). The molecular weight excluding hydrogens is 504 g/mol. The normalized spacial score (nSPS) is 13.2. The second-order valence-corrected chi connectivity index (χ2v) is 9.48. The predicted molar refractivity (Wildman–Crippen MR) is 144 cm³/mol. The summed E-state index contributed by atoms with van der Waals surface area (Å²) in [5.41, 5.74) is 7.91. The summed E-state index contributed by atoms with van der Waals surface area (Å²) in [4.78, 5) is 34.7. The molecule has 1 saturated carbocycles. The van der Waals surface area contributed by atoms with Gasteiger partial charge in [-0.25, -0.2) is 18.7 Å². The van der Waals surface area contributed by atoms with Crippen LogP contribution in [-0.2, 0) is 4.79 Å². The summed E-state index contributed by atoms with van der Waals surface area (Å²) >= 11 is 0. The van der Waals surface area contributed by atoms with Crippen LogP contribution in [0.1, 0.15) is 54.1 Å². The molecule has 0 radical (unpaired) electrons. The second kappa shape index (κ2) is 11.5. The monoisotopic (exact) mass is 533 g/mol. The Labute approximate surface area is 225 Å². The first-order valence-corrected chi connectivity index (χ1v) is 12.4. The number of nitrogens with two attached hydrogens (primary N) is 1. The highest BCUT2D eigenvalue weighted by Crippen LogP contribution is 2.40. The number of likely N-dealkylation sites (N-methyl/N-ethyl adjacent to an activating group) is 1. The van der Waals surface area contributed by atoms with Crippen molar-refractivity contribution in [3.05, 3.63) is 65.0 Å². The number of anilines is 2. The van der Waals surface area contributed by atoms with Crippen LogP contribution in [0.5, 0.6) is 5.75 Å². The van der Waals surface area contributed by atoms with E-state index in [2.05, 4.69) is 27.1 Å². The molecule has 0 bridgehead atoms. The zero-order chi connectivity index (χ0) is 28.3. The smallest absolute Gasteiger partial charge is 0.298 e. The summed E-state index contributed by atoms with van der Waals surface area (Å²) in [6, 6.07) is 6.57. The molecule has 0 unspecified atom stereocenters. The molecule has 1 aliphatic carbocycles. The maximum atomic E-state index is 14.8. The number of halogens is 2. The first-order valence-electron chi connectivity index (χ1n) is 12.4. The number of ether oxygens (including phenoxy) is 1. The Hall–Kier alpha value is -4.52. The van der Waals surface area contributed by atoms with Crippen molar-refractivity contribution < 1.29 is 23.1 Å². The number of nitrogen functional groups attached to an aromatic ring is 1. The minimum Gasteiger partial charge on any atom is -0.485 e. The topological polar surface area (TPSA) is 110 Å². The number of nitrogens with one attached hydrogen (secondary N) is 1. The van der Waals surface area contributed by atoms with E-state index in [1.807, 2.05) is 0 Å². The van der Waals surface area contributed by atoms with Crippen molar-refractivity contribution in [1.29, 1.82) is 0 Å². The number of hydrogen-bond donors (Lipinski definition) is 2. The van der Waals surface area contributed by atoms with Crippen molar-refractivity contribution >= 4 is 23.3 Å². The van der Waals surface area contributed by atoms with Crippen LogP contribution in [0, 0.1) is 30.4 Å². The van der Waals surface area contributed by atoms with Gasteiger partial charge in [-0.3, -0.25) is 9.59 Å². The third-order valence-corrected chi connectivity index (χ3v) is 6.68. The van der Waals surface area contributed by atoms with Gasteiger partial charge < -0.3 is 20.7 Å². The molecule has 0 saturated heterocycles. The summed E-state index contributed by atoms with van der Waals surface area (Å²) in [6.07, 6.45) is 3.24. The Morgan fingerprint density at radius 1 is 1.23 bits per heavy atom. The Morgan fingerprint density at radius 3 is 2.64 bits per heavy atom. The minimum absolute atomic E-state index is 0.0154. The molecule has 1 atom stereocenters. The first-order chi connectivity index (χ1) is 18.6. The Balaban J connectivity index is 1.61. The quantitative estimate of drug-likeness (QED) is 0.407. The third kappa shape index (κ3) is 6.14. The molecule has 1 heterocycles. The van der Waals surface area contributed by atoms with Gasteiger partial charge in [0.15, 0.2) is 11.6 Å². The van der Waals surface area contributed by atoms with Crippen molar-refractivity contribution in [3.8, 4) is 28.8 Å². The van der Waals surface area contributed by atoms with E-state index in [9.17, 15) is 18.4 Å². The highest BCUT2D eigenvalue weighted by atomic mass is 19.1. The average molecular weight is 534 g/mol. The molecule has 202 valence electrons. The summed E-state index contributed by atoms with van der Waals surface area (Å²) in [5.74, 6) is 3.12. The number of carbonyl (C=O) groups is 2. The third-order valence-electron chi connectivity index (χ3n) is 6.68. The largest absolute Gasteiger partial charge is 0.485 e. The number of benzene rings is 2.